The Kier molecular flexibility index (Phi) is 5.93. The van der Waals surface area contributed by atoms with Crippen LogP contribution in [-0.4, -0.2) is 23.8 Å². The van der Waals surface area contributed by atoms with E-state index in [0.29, 0.717) is 6.54 Å². The van der Waals surface area contributed by atoms with Gasteiger partial charge in [-0.1, -0.05) is 30.3 Å². The Morgan fingerprint density at radius 3 is 2.48 bits per heavy atom. The number of benzene rings is 1. The predicted octanol–water partition coefficient (Wildman–Crippen LogP) is 3.28. The van der Waals surface area contributed by atoms with E-state index in [4.69, 9.17) is 0 Å². The van der Waals surface area contributed by atoms with Crippen molar-refractivity contribution in [3.8, 4) is 0 Å². The van der Waals surface area contributed by atoms with Gasteiger partial charge in [0.05, 0.1) is 19.0 Å². The zero-order valence-electron chi connectivity index (χ0n) is 13.7. The molecule has 1 atom stereocenters. The van der Waals surface area contributed by atoms with Crippen LogP contribution in [0.2, 0.25) is 0 Å². The molecule has 0 aliphatic carbocycles. The molecule has 0 saturated heterocycles. The van der Waals surface area contributed by atoms with Crippen LogP contribution >= 0.6 is 11.3 Å². The summed E-state index contributed by atoms with van der Waals surface area (Å²) in [6.07, 6.45) is 0.254. The second-order valence-electron chi connectivity index (χ2n) is 5.64. The van der Waals surface area contributed by atoms with Crippen LogP contribution in [0.4, 0.5) is 0 Å². The number of carbonyl (C=O) groups excluding carboxylic acids is 2. The summed E-state index contributed by atoms with van der Waals surface area (Å²) in [7, 11) is 1.80. The van der Waals surface area contributed by atoms with Gasteiger partial charge in [-0.2, -0.15) is 0 Å². The monoisotopic (exact) mass is 330 g/mol. The number of nitrogens with one attached hydrogen (secondary N) is 1. The highest BCUT2D eigenvalue weighted by molar-refractivity contribution is 7.10. The normalized spacial score (nSPS) is 11.8. The van der Waals surface area contributed by atoms with Gasteiger partial charge in [-0.05, 0) is 29.5 Å². The summed E-state index contributed by atoms with van der Waals surface area (Å²) < 4.78 is 0. The third-order valence-electron chi connectivity index (χ3n) is 3.73. The number of aryl methyl sites for hydroxylation is 1. The van der Waals surface area contributed by atoms with E-state index in [1.54, 1.807) is 23.3 Å². The SMILES string of the molecule is CC(=O)N[C@H](CC(=O)N(C)Cc1sccc1C)c1ccccc1. The number of thiophene rings is 1. The molecule has 1 aromatic carbocycles. The highest BCUT2D eigenvalue weighted by Crippen LogP contribution is 2.20. The minimum absolute atomic E-state index is 0.0143. The molecule has 4 nitrogen and oxygen atoms in total. The maximum atomic E-state index is 12.5. The van der Waals surface area contributed by atoms with Crippen LogP contribution in [0.5, 0.6) is 0 Å². The number of hydrogen-bond donors (Lipinski definition) is 1. The Balaban J connectivity index is 2.05. The lowest BCUT2D eigenvalue weighted by atomic mass is 10.0. The summed E-state index contributed by atoms with van der Waals surface area (Å²) in [4.78, 5) is 26.9. The summed E-state index contributed by atoms with van der Waals surface area (Å²) in [5.74, 6) is -0.121. The van der Waals surface area contributed by atoms with Crippen molar-refractivity contribution in [1.82, 2.24) is 10.2 Å². The van der Waals surface area contributed by atoms with Crippen LogP contribution in [0.25, 0.3) is 0 Å². The third-order valence-corrected chi connectivity index (χ3v) is 4.74. The van der Waals surface area contributed by atoms with Crippen LogP contribution in [0.1, 0.15) is 35.4 Å². The molecule has 1 heterocycles. The van der Waals surface area contributed by atoms with Gasteiger partial charge >= 0.3 is 0 Å². The van der Waals surface area contributed by atoms with Gasteiger partial charge in [0.25, 0.3) is 0 Å². The Morgan fingerprint density at radius 2 is 1.91 bits per heavy atom. The topological polar surface area (TPSA) is 49.4 Å². The highest BCUT2D eigenvalue weighted by atomic mass is 32.1. The van der Waals surface area contributed by atoms with Crippen molar-refractivity contribution in [2.45, 2.75) is 32.9 Å². The standard InChI is InChI=1S/C18H22N2O2S/c1-13-9-10-23-17(13)12-20(3)18(22)11-16(19-14(2)21)15-7-5-4-6-8-15/h4-10,16H,11-12H2,1-3H3,(H,19,21)/t16-/m1/s1. The van der Waals surface area contributed by atoms with Crippen molar-refractivity contribution in [1.29, 1.82) is 0 Å². The van der Waals surface area contributed by atoms with E-state index in [0.717, 1.165) is 5.56 Å². The molecule has 2 amide bonds. The largest absolute Gasteiger partial charge is 0.349 e. The van der Waals surface area contributed by atoms with Crippen LogP contribution in [0.15, 0.2) is 41.8 Å². The molecule has 23 heavy (non-hydrogen) atoms. The molecule has 1 N–H and O–H groups in total. The summed E-state index contributed by atoms with van der Waals surface area (Å²) in [6, 6.07) is 11.4. The Hall–Kier alpha value is -2.14. The first-order chi connectivity index (χ1) is 11.0. The highest BCUT2D eigenvalue weighted by Gasteiger charge is 2.20. The zero-order valence-corrected chi connectivity index (χ0v) is 14.5. The molecule has 0 spiro atoms. The van der Waals surface area contributed by atoms with Gasteiger partial charge in [0.15, 0.2) is 0 Å². The van der Waals surface area contributed by atoms with Crippen molar-refractivity contribution in [2.75, 3.05) is 7.05 Å². The fourth-order valence-corrected chi connectivity index (χ4v) is 3.34. The van der Waals surface area contributed by atoms with E-state index in [9.17, 15) is 9.59 Å². The first kappa shape index (κ1) is 17.2. The van der Waals surface area contributed by atoms with E-state index in [1.807, 2.05) is 42.6 Å². The second kappa shape index (κ2) is 7.92. The summed E-state index contributed by atoms with van der Waals surface area (Å²) in [6.45, 7) is 4.12. The number of amides is 2. The first-order valence-corrected chi connectivity index (χ1v) is 8.44. The first-order valence-electron chi connectivity index (χ1n) is 7.56. The fourth-order valence-electron chi connectivity index (χ4n) is 2.38. The van der Waals surface area contributed by atoms with E-state index in [1.165, 1.54) is 17.4 Å². The van der Waals surface area contributed by atoms with Crippen molar-refractivity contribution in [2.24, 2.45) is 0 Å². The van der Waals surface area contributed by atoms with E-state index >= 15 is 0 Å². The molecule has 0 saturated carbocycles. The quantitative estimate of drug-likeness (QED) is 0.883. The summed E-state index contributed by atoms with van der Waals surface area (Å²) >= 11 is 1.66. The molecule has 0 bridgehead atoms. The van der Waals surface area contributed by atoms with Crippen LogP contribution < -0.4 is 5.32 Å². The number of nitrogens with zero attached hydrogens (tertiary/aromatic N) is 1. The predicted molar refractivity (Wildman–Crippen MR) is 93.1 cm³/mol. The van der Waals surface area contributed by atoms with E-state index < -0.39 is 0 Å². The van der Waals surface area contributed by atoms with E-state index in [2.05, 4.69) is 11.4 Å². The molecule has 1 aromatic heterocycles. The second-order valence-corrected chi connectivity index (χ2v) is 6.65. The van der Waals surface area contributed by atoms with Gasteiger partial charge < -0.3 is 10.2 Å². The van der Waals surface area contributed by atoms with Gasteiger partial charge in [0.2, 0.25) is 11.8 Å². The number of rotatable bonds is 6. The molecule has 5 heteroatoms. The van der Waals surface area contributed by atoms with Crippen molar-refractivity contribution >= 4 is 23.2 Å². The summed E-state index contributed by atoms with van der Waals surface area (Å²) in [5.41, 5.74) is 2.15. The maximum absolute atomic E-state index is 12.5. The lowest BCUT2D eigenvalue weighted by Crippen LogP contribution is -2.33. The number of carbonyl (C=O) groups is 2. The third kappa shape index (κ3) is 4.93. The molecular formula is C18H22N2O2S. The fraction of sp³-hybridized carbons (Fsp3) is 0.333. The summed E-state index contributed by atoms with van der Waals surface area (Å²) in [5, 5.41) is 4.90. The lowest BCUT2D eigenvalue weighted by molar-refractivity contribution is -0.131. The minimum Gasteiger partial charge on any atom is -0.349 e. The Bertz CT molecular complexity index is 667. The van der Waals surface area contributed by atoms with Gasteiger partial charge in [-0.3, -0.25) is 9.59 Å². The lowest BCUT2D eigenvalue weighted by Gasteiger charge is -2.22. The Morgan fingerprint density at radius 1 is 1.22 bits per heavy atom. The molecule has 0 aliphatic rings. The van der Waals surface area contributed by atoms with Gasteiger partial charge in [-0.15, -0.1) is 11.3 Å². The van der Waals surface area contributed by atoms with Gasteiger partial charge in [-0.25, -0.2) is 0 Å². The average molecular weight is 330 g/mol. The van der Waals surface area contributed by atoms with Crippen LogP contribution in [0.3, 0.4) is 0 Å². The smallest absolute Gasteiger partial charge is 0.225 e. The molecular weight excluding hydrogens is 308 g/mol. The number of hydrogen-bond acceptors (Lipinski definition) is 3. The van der Waals surface area contributed by atoms with Crippen molar-refractivity contribution < 1.29 is 9.59 Å². The van der Waals surface area contributed by atoms with Crippen molar-refractivity contribution in [3.63, 3.8) is 0 Å². The van der Waals surface area contributed by atoms with Gasteiger partial charge in [0.1, 0.15) is 0 Å². The van der Waals surface area contributed by atoms with Crippen LogP contribution in [-0.2, 0) is 16.1 Å². The Labute approximate surface area is 141 Å². The van der Waals surface area contributed by atoms with Gasteiger partial charge in [0, 0.05) is 18.8 Å². The zero-order chi connectivity index (χ0) is 16.8. The molecule has 2 aromatic rings. The minimum atomic E-state index is -0.298. The molecule has 0 radical (unpaired) electrons. The molecule has 2 rings (SSSR count). The molecule has 0 aliphatic heterocycles. The molecule has 0 unspecified atom stereocenters. The molecule has 0 fully saturated rings. The van der Waals surface area contributed by atoms with Crippen molar-refractivity contribution in [3.05, 3.63) is 57.8 Å². The van der Waals surface area contributed by atoms with E-state index in [-0.39, 0.29) is 24.3 Å². The maximum Gasteiger partial charge on any atom is 0.225 e. The average Bonchev–Trinajstić information content (AvgIpc) is 2.92. The molecule has 122 valence electrons. The van der Waals surface area contributed by atoms with Crippen LogP contribution in [0, 0.1) is 6.92 Å².